The van der Waals surface area contributed by atoms with Crippen LogP contribution < -0.4 is 9.88 Å². The molecule has 8 rings (SSSR count). The molecule has 6 heteroatoms. The van der Waals surface area contributed by atoms with E-state index in [9.17, 15) is 10.4 Å². The van der Waals surface area contributed by atoms with E-state index in [1.165, 1.54) is 19.3 Å². The summed E-state index contributed by atoms with van der Waals surface area (Å²) in [5, 5.41) is 29.6. The van der Waals surface area contributed by atoms with Crippen molar-refractivity contribution in [1.29, 1.82) is 5.26 Å². The van der Waals surface area contributed by atoms with Crippen molar-refractivity contribution in [1.82, 2.24) is 5.32 Å². The minimum Gasteiger partial charge on any atom is -0.762 e. The van der Waals surface area contributed by atoms with Crippen LogP contribution in [0, 0.1) is 34.5 Å². The molecule has 2 heterocycles. The number of halogens is 1. The Balaban J connectivity index is 1.48. The molecule has 37 heavy (non-hydrogen) atoms. The zero-order chi connectivity index (χ0) is 25.4. The Bertz CT molecular complexity index is 1440. The molecule has 0 radical (unpaired) electrons. The van der Waals surface area contributed by atoms with E-state index in [2.05, 4.69) is 74.6 Å². The third kappa shape index (κ3) is 3.58. The van der Waals surface area contributed by atoms with Gasteiger partial charge in [0.05, 0.1) is 12.0 Å². The highest BCUT2D eigenvalue weighted by Gasteiger charge is 2.68. The summed E-state index contributed by atoms with van der Waals surface area (Å²) in [4.78, 5) is 0. The number of benzene rings is 2. The van der Waals surface area contributed by atoms with Crippen LogP contribution in [0.5, 0.6) is 0 Å². The van der Waals surface area contributed by atoms with Crippen molar-refractivity contribution in [2.45, 2.75) is 56.2 Å². The first-order valence-electron chi connectivity index (χ1n) is 13.4. The third-order valence-corrected chi connectivity index (χ3v) is 10.6. The zero-order valence-electron chi connectivity index (χ0n) is 20.6. The molecule has 3 atom stereocenters. The van der Waals surface area contributed by atoms with Gasteiger partial charge in [-0.3, -0.25) is 0 Å². The van der Waals surface area contributed by atoms with Gasteiger partial charge in [-0.15, -0.1) is 0 Å². The van der Waals surface area contributed by atoms with Gasteiger partial charge in [0.15, 0.2) is 12.4 Å². The second-order valence-corrected chi connectivity index (χ2v) is 13.3. The van der Waals surface area contributed by atoms with Gasteiger partial charge in [-0.05, 0) is 85.4 Å². The maximum absolute atomic E-state index is 13.2. The number of hydrogen-bond donors (Lipinski definition) is 2. The summed E-state index contributed by atoms with van der Waals surface area (Å²) in [6.45, 7) is 0. The lowest BCUT2D eigenvalue weighted by Gasteiger charge is -2.64. The Kier molecular flexibility index (Phi) is 5.45. The second kappa shape index (κ2) is 8.53. The van der Waals surface area contributed by atoms with Crippen LogP contribution in [0.25, 0.3) is 10.8 Å². The Hall–Kier alpha value is -2.46. The Morgan fingerprint density at radius 3 is 2.30 bits per heavy atom. The van der Waals surface area contributed by atoms with Crippen molar-refractivity contribution in [3.05, 3.63) is 87.6 Å². The monoisotopic (exact) mass is 571 g/mol. The third-order valence-electron chi connectivity index (χ3n) is 9.81. The number of rotatable bonds is 3. The predicted octanol–water partition coefficient (Wildman–Crippen LogP) is 6.00. The first kappa shape index (κ1) is 23.6. The van der Waals surface area contributed by atoms with Crippen LogP contribution >= 0.6 is 15.9 Å². The summed E-state index contributed by atoms with van der Waals surface area (Å²) in [5.74, 6) is 1.62. The van der Waals surface area contributed by atoms with Gasteiger partial charge in [0.1, 0.15) is 0 Å². The molecule has 1 aliphatic heterocycles. The van der Waals surface area contributed by atoms with Crippen LogP contribution in [0.3, 0.4) is 0 Å². The Labute approximate surface area is 231 Å². The number of nitrogens with one attached hydrogen (secondary N) is 1. The molecule has 0 spiro atoms. The number of allylic oxidation sites excluding steroid dienone is 1. The average molecular weight is 573 g/mol. The van der Waals surface area contributed by atoms with Gasteiger partial charge in [0.2, 0.25) is 11.8 Å². The van der Waals surface area contributed by atoms with E-state index in [1.807, 2.05) is 24.3 Å². The summed E-state index contributed by atoms with van der Waals surface area (Å²) >= 11 is 9.51. The fraction of sp³-hybridized carbons (Fsp3) is 0.419. The lowest BCUT2D eigenvalue weighted by Crippen LogP contribution is -2.73. The summed E-state index contributed by atoms with van der Waals surface area (Å²) < 4.78 is 3.12. The van der Waals surface area contributed by atoms with E-state index >= 15 is 0 Å². The van der Waals surface area contributed by atoms with Crippen molar-refractivity contribution in [3.63, 3.8) is 0 Å². The number of pyridine rings is 1. The minimum atomic E-state index is -1.28. The van der Waals surface area contributed by atoms with E-state index in [4.69, 9.17) is 12.6 Å². The van der Waals surface area contributed by atoms with Gasteiger partial charge in [0.25, 0.3) is 0 Å². The van der Waals surface area contributed by atoms with Gasteiger partial charge in [-0.1, -0.05) is 51.3 Å². The van der Waals surface area contributed by atoms with Crippen molar-refractivity contribution in [2.75, 3.05) is 0 Å². The molecular formula is C31H30BrN3OS. The Morgan fingerprint density at radius 1 is 0.973 bits per heavy atom. The smallest absolute Gasteiger partial charge is 0.217 e. The van der Waals surface area contributed by atoms with Crippen molar-refractivity contribution in [3.8, 4) is 6.07 Å². The lowest BCUT2D eigenvalue weighted by molar-refractivity contribution is -0.744. The maximum atomic E-state index is 13.2. The molecule has 4 bridgehead atoms. The number of hydrogen-bond acceptors (Lipinski definition) is 4. The van der Waals surface area contributed by atoms with E-state index in [0.29, 0.717) is 28.4 Å². The summed E-state index contributed by atoms with van der Waals surface area (Å²) in [7, 11) is 0. The van der Waals surface area contributed by atoms with Gasteiger partial charge >= 0.3 is 0 Å². The molecule has 3 aromatic rings. The molecule has 4 saturated carbocycles. The molecule has 2 N–H and O–H groups in total. The van der Waals surface area contributed by atoms with Crippen LogP contribution in [0.4, 0.5) is 0 Å². The summed E-state index contributed by atoms with van der Waals surface area (Å²) in [5.41, 5.74) is -0.0438. The standard InChI is InChI=1S/C31H30BrN3OS/c32-25-7-3-6-23(13-25)27-26(17-33)29(37)34-31(36,30-14-19-10-20(15-30)12-21(11-19)16-30)28(27)35-9-8-22-4-1-2-5-24(22)18-35/h1-9,13,18-21,27-28,34,36H,10-12,14-16H2/t19?,20?,21?,27-,28+,30?,31-/m0/s1. The number of fused-ring (bicyclic) bond motifs is 1. The number of aliphatic hydroxyl groups is 1. The van der Waals surface area contributed by atoms with Crippen LogP contribution in [-0.4, -0.2) is 10.8 Å². The molecular weight excluding hydrogens is 542 g/mol. The Morgan fingerprint density at radius 2 is 1.65 bits per heavy atom. The highest BCUT2D eigenvalue weighted by molar-refractivity contribution is 9.10. The van der Waals surface area contributed by atoms with Crippen LogP contribution in [0.1, 0.15) is 56.0 Å². The normalized spacial score (nSPS) is 36.4. The molecule has 0 amide bonds. The lowest BCUT2D eigenvalue weighted by atomic mass is 9.45. The largest absolute Gasteiger partial charge is 0.762 e. The maximum Gasteiger partial charge on any atom is 0.217 e. The highest BCUT2D eigenvalue weighted by Crippen LogP contribution is 2.66. The van der Waals surface area contributed by atoms with E-state index in [-0.39, 0.29) is 11.3 Å². The van der Waals surface area contributed by atoms with Crippen molar-refractivity contribution in [2.24, 2.45) is 23.2 Å². The topological polar surface area (TPSA) is 59.9 Å². The van der Waals surface area contributed by atoms with Crippen LogP contribution in [0.2, 0.25) is 0 Å². The molecule has 0 saturated heterocycles. The van der Waals surface area contributed by atoms with Gasteiger partial charge in [-0.2, -0.15) is 9.83 Å². The molecule has 188 valence electrons. The van der Waals surface area contributed by atoms with Gasteiger partial charge < -0.3 is 23.1 Å². The molecule has 2 aromatic carbocycles. The second-order valence-electron chi connectivity index (χ2n) is 11.9. The number of aromatic nitrogens is 1. The van der Waals surface area contributed by atoms with E-state index < -0.39 is 11.8 Å². The van der Waals surface area contributed by atoms with Crippen LogP contribution in [-0.2, 0) is 12.6 Å². The summed E-state index contributed by atoms with van der Waals surface area (Å²) in [6.07, 6.45) is 11.1. The fourth-order valence-electron chi connectivity index (χ4n) is 8.76. The first-order valence-corrected chi connectivity index (χ1v) is 14.6. The van der Waals surface area contributed by atoms with Crippen LogP contribution in [0.15, 0.2) is 82.1 Å². The SMILES string of the molecule is N#CC1=C([S-])N[C@@](O)(C23CC4CC(CC(C4)C2)C3)[C@H]([n+]2ccc3ccccc3c2)[C@H]1c1cccc(Br)c1. The average Bonchev–Trinajstić information content (AvgIpc) is 2.87. The number of nitrogens with zero attached hydrogens (tertiary/aromatic N) is 2. The van der Waals surface area contributed by atoms with Crippen molar-refractivity contribution < 1.29 is 9.67 Å². The van der Waals surface area contributed by atoms with Crippen molar-refractivity contribution >= 4 is 39.3 Å². The van der Waals surface area contributed by atoms with E-state index in [1.54, 1.807) is 0 Å². The number of nitriles is 1. The molecule has 1 aromatic heterocycles. The predicted molar refractivity (Wildman–Crippen MR) is 149 cm³/mol. The minimum absolute atomic E-state index is 0.277. The van der Waals surface area contributed by atoms with Gasteiger partial charge in [0, 0.05) is 26.9 Å². The summed E-state index contributed by atoms with van der Waals surface area (Å²) in [6, 6.07) is 20.6. The molecule has 5 aliphatic rings. The zero-order valence-corrected chi connectivity index (χ0v) is 23.0. The quantitative estimate of drug-likeness (QED) is 0.299. The molecule has 4 aliphatic carbocycles. The van der Waals surface area contributed by atoms with E-state index in [0.717, 1.165) is 40.1 Å². The molecule has 4 fully saturated rings. The van der Waals surface area contributed by atoms with Gasteiger partial charge in [-0.25, -0.2) is 0 Å². The first-order chi connectivity index (χ1) is 17.9. The fourth-order valence-corrected chi connectivity index (χ4v) is 9.50. The molecule has 0 unspecified atom stereocenters. The highest BCUT2D eigenvalue weighted by atomic mass is 79.9. The molecule has 4 nitrogen and oxygen atoms in total.